The summed E-state index contributed by atoms with van der Waals surface area (Å²) in [6, 6.07) is 7.95. The Balaban J connectivity index is 1.55. The van der Waals surface area contributed by atoms with E-state index in [1.54, 1.807) is 117 Å². The maximum Gasteiger partial charge on any atom is 0.407 e. The van der Waals surface area contributed by atoms with Gasteiger partial charge in [0.2, 0.25) is 17.8 Å². The predicted molar refractivity (Wildman–Crippen MR) is 254 cm³/mol. The van der Waals surface area contributed by atoms with Crippen molar-refractivity contribution in [2.24, 2.45) is 0 Å². The second-order valence-electron chi connectivity index (χ2n) is 20.8. The number of benzene rings is 2. The number of nitrogens with zero attached hydrogens (tertiary/aromatic N) is 5. The van der Waals surface area contributed by atoms with Crippen molar-refractivity contribution in [1.82, 2.24) is 36.2 Å². The first kappa shape index (κ1) is 52.0. The van der Waals surface area contributed by atoms with Crippen LogP contribution in [0.1, 0.15) is 106 Å². The Morgan fingerprint density at radius 3 is 1.29 bits per heavy atom. The van der Waals surface area contributed by atoms with Gasteiger partial charge >= 0.3 is 24.4 Å². The number of rotatable bonds is 10. The fraction of sp³-hybridized carbons (Fsp3) is 0.565. The number of aromatic hydroxyl groups is 2. The minimum atomic E-state index is -0.787. The smallest absolute Gasteiger partial charge is 0.407 e. The summed E-state index contributed by atoms with van der Waals surface area (Å²) in [5.74, 6) is -0.929. The van der Waals surface area contributed by atoms with E-state index in [1.165, 1.54) is 12.1 Å². The van der Waals surface area contributed by atoms with Crippen LogP contribution in [-0.4, -0.2) is 128 Å². The van der Waals surface area contributed by atoms with Crippen LogP contribution in [-0.2, 0) is 18.9 Å². The molecule has 0 unspecified atom stereocenters. The molecule has 0 spiro atoms. The zero-order valence-electron chi connectivity index (χ0n) is 40.9. The molecule has 0 radical (unpaired) electrons. The van der Waals surface area contributed by atoms with E-state index in [2.05, 4.69) is 31.9 Å². The molecule has 0 saturated carbocycles. The minimum Gasteiger partial charge on any atom is -0.508 e. The molecule has 68 heavy (non-hydrogen) atoms. The molecule has 0 bridgehead atoms. The number of ether oxygens (including phenoxy) is 4. The number of anilines is 5. The molecule has 2 aromatic carbocycles. The van der Waals surface area contributed by atoms with Crippen molar-refractivity contribution in [2.75, 3.05) is 46.6 Å². The lowest BCUT2D eigenvalue weighted by molar-refractivity contribution is 0.0452. The molecule has 3 aromatic rings. The summed E-state index contributed by atoms with van der Waals surface area (Å²) < 4.78 is 22.3. The Hall–Kier alpha value is -7.00. The van der Waals surface area contributed by atoms with Gasteiger partial charge in [-0.05, 0) is 126 Å². The highest BCUT2D eigenvalue weighted by molar-refractivity contribution is 6.06. The highest BCUT2D eigenvalue weighted by atomic mass is 16.6. The van der Waals surface area contributed by atoms with Crippen molar-refractivity contribution in [3.63, 3.8) is 0 Å². The first-order chi connectivity index (χ1) is 31.4. The number of piperidine rings is 2. The van der Waals surface area contributed by atoms with Crippen LogP contribution in [0, 0.1) is 0 Å². The summed E-state index contributed by atoms with van der Waals surface area (Å²) in [5.41, 5.74) is -2.44. The highest BCUT2D eigenvalue weighted by Crippen LogP contribution is 2.28. The van der Waals surface area contributed by atoms with Gasteiger partial charge < -0.3 is 70.9 Å². The van der Waals surface area contributed by atoms with Gasteiger partial charge in [0.25, 0.3) is 5.91 Å². The number of phenols is 2. The number of alkyl carbamates (subject to hydrolysis) is 4. The lowest BCUT2D eigenvalue weighted by Gasteiger charge is -2.40. The number of hydrogen-bond acceptors (Lipinski definition) is 17. The molecule has 8 N–H and O–H groups in total. The average molecular weight is 950 g/mol. The lowest BCUT2D eigenvalue weighted by atomic mass is 10.0. The third kappa shape index (κ3) is 17.0. The maximum absolute atomic E-state index is 13.1. The van der Waals surface area contributed by atoms with Gasteiger partial charge in [-0.2, -0.15) is 15.0 Å². The zero-order valence-corrected chi connectivity index (χ0v) is 40.9. The molecule has 0 aliphatic carbocycles. The van der Waals surface area contributed by atoms with Gasteiger partial charge in [-0.25, -0.2) is 19.2 Å². The summed E-state index contributed by atoms with van der Waals surface area (Å²) >= 11 is 0. The van der Waals surface area contributed by atoms with Crippen LogP contribution in [0.25, 0.3) is 0 Å². The zero-order chi connectivity index (χ0) is 50.4. The third-order valence-electron chi connectivity index (χ3n) is 9.56. The van der Waals surface area contributed by atoms with Crippen LogP contribution in [0.3, 0.4) is 0 Å². The Bertz CT molecular complexity index is 2130. The molecule has 2 aliphatic heterocycles. The Kier molecular flexibility index (Phi) is 16.0. The number of carbonyl (C=O) groups excluding carboxylic acids is 5. The molecule has 372 valence electrons. The van der Waals surface area contributed by atoms with Crippen molar-refractivity contribution in [3.8, 4) is 11.5 Å². The predicted octanol–water partition coefficient (Wildman–Crippen LogP) is 6.27. The molecule has 4 atom stereocenters. The molecule has 22 nitrogen and oxygen atoms in total. The quantitative estimate of drug-likeness (QED) is 0.104. The molecular formula is C46H67N11O11. The normalized spacial score (nSPS) is 18.9. The third-order valence-corrected chi connectivity index (χ3v) is 9.56. The van der Waals surface area contributed by atoms with E-state index in [-0.39, 0.29) is 55.3 Å². The van der Waals surface area contributed by atoms with E-state index in [9.17, 15) is 34.2 Å². The highest BCUT2D eigenvalue weighted by Gasteiger charge is 2.36. The molecule has 2 saturated heterocycles. The van der Waals surface area contributed by atoms with Crippen LogP contribution in [0.15, 0.2) is 42.5 Å². The Labute approximate surface area is 396 Å². The summed E-state index contributed by atoms with van der Waals surface area (Å²) in [4.78, 5) is 83.8. The Morgan fingerprint density at radius 1 is 0.544 bits per heavy atom. The van der Waals surface area contributed by atoms with E-state index < -0.39 is 82.6 Å². The topological polar surface area (TPSA) is 280 Å². The summed E-state index contributed by atoms with van der Waals surface area (Å²) in [6.07, 6.45) is -2.03. The number of nitrogens with one attached hydrogen (secondary N) is 6. The first-order valence-electron chi connectivity index (χ1n) is 22.4. The number of aromatic nitrogens is 3. The minimum absolute atomic E-state index is 0.0439. The van der Waals surface area contributed by atoms with Gasteiger partial charge in [0, 0.05) is 43.6 Å². The van der Waals surface area contributed by atoms with Gasteiger partial charge in [-0.15, -0.1) is 0 Å². The van der Waals surface area contributed by atoms with Crippen molar-refractivity contribution in [1.29, 1.82) is 0 Å². The van der Waals surface area contributed by atoms with E-state index in [4.69, 9.17) is 33.9 Å². The number of carbonyl (C=O) groups is 5. The maximum atomic E-state index is 13.1. The Morgan fingerprint density at radius 2 is 0.926 bits per heavy atom. The van der Waals surface area contributed by atoms with Gasteiger partial charge in [0.15, 0.2) is 0 Å². The van der Waals surface area contributed by atoms with Gasteiger partial charge in [-0.3, -0.25) is 4.79 Å². The molecule has 1 aromatic heterocycles. The second-order valence-corrected chi connectivity index (χ2v) is 20.8. The number of phenolic OH excluding ortho intramolecular Hbond substituents is 2. The van der Waals surface area contributed by atoms with Crippen LogP contribution in [0.2, 0.25) is 0 Å². The summed E-state index contributed by atoms with van der Waals surface area (Å²) in [5, 5.41) is 37.6. The largest absolute Gasteiger partial charge is 0.508 e. The fourth-order valence-corrected chi connectivity index (χ4v) is 7.25. The number of amides is 5. The van der Waals surface area contributed by atoms with Gasteiger partial charge in [0.05, 0.1) is 29.7 Å². The summed E-state index contributed by atoms with van der Waals surface area (Å²) in [7, 11) is 0. The molecular weight excluding hydrogens is 883 g/mol. The molecule has 3 heterocycles. The molecule has 22 heteroatoms. The molecule has 5 amide bonds. The van der Waals surface area contributed by atoms with Crippen LogP contribution in [0.5, 0.6) is 11.5 Å². The van der Waals surface area contributed by atoms with Crippen LogP contribution >= 0.6 is 0 Å². The first-order valence-corrected chi connectivity index (χ1v) is 22.4. The van der Waals surface area contributed by atoms with E-state index >= 15 is 0 Å². The monoisotopic (exact) mass is 950 g/mol. The van der Waals surface area contributed by atoms with Crippen LogP contribution in [0.4, 0.5) is 48.4 Å². The molecule has 5 rings (SSSR count). The van der Waals surface area contributed by atoms with Crippen molar-refractivity contribution in [2.45, 2.75) is 142 Å². The van der Waals surface area contributed by atoms with Crippen LogP contribution < -0.4 is 41.7 Å². The average Bonchev–Trinajstić information content (AvgIpc) is 3.14. The molecule has 2 fully saturated rings. The van der Waals surface area contributed by atoms with E-state index in [0.29, 0.717) is 24.2 Å². The van der Waals surface area contributed by atoms with Crippen molar-refractivity contribution >= 4 is 59.5 Å². The van der Waals surface area contributed by atoms with Crippen molar-refractivity contribution in [3.05, 3.63) is 48.0 Å². The SMILES string of the molecule is CC(C)(C)OC(=O)N[C@@H]1C[C@H](NC(=O)OC(C)(C)C)CN(c2nc(Nc3cccc(NC(=O)c4ccc(O)cc4O)c3)nc(N3C[C@H](NC(=O)OC(C)(C)C)C[C@H](NC(=O)OC(C)(C)C)C3)n2)C1. The van der Waals surface area contributed by atoms with E-state index in [0.717, 1.165) is 6.07 Å². The lowest BCUT2D eigenvalue weighted by Crippen LogP contribution is -2.59. The fourth-order valence-electron chi connectivity index (χ4n) is 7.25. The number of hydrogen-bond donors (Lipinski definition) is 8. The second kappa shape index (κ2) is 20.9. The van der Waals surface area contributed by atoms with Crippen molar-refractivity contribution < 1.29 is 53.1 Å². The molecule has 2 aliphatic rings. The standard InChI is InChI=1S/C46H67N11O11/c1-43(2,3)65-39(61)49-28-19-29(50-40(62)66-44(4,5)6)23-56(22-28)37-53-36(48-27-15-13-14-26(18-27)47-35(60)33-17-16-32(58)21-34(33)59)54-38(55-37)57-24-30(51-41(63)67-45(7,8)9)20-31(25-57)52-42(64)68-46(10,11)12/h13-18,21,28-31,58-59H,19-20,22-25H2,1-12H3,(H,47,60)(H,49,61)(H,50,62)(H,51,63)(H,52,64)(H,48,53,54,55)/t28-,29+,30-,31+. The summed E-state index contributed by atoms with van der Waals surface area (Å²) in [6.45, 7) is 21.7. The van der Waals surface area contributed by atoms with Gasteiger partial charge in [-0.1, -0.05) is 6.07 Å². The van der Waals surface area contributed by atoms with E-state index in [1.807, 2.05) is 0 Å². The van der Waals surface area contributed by atoms with Gasteiger partial charge in [0.1, 0.15) is 33.9 Å².